The van der Waals surface area contributed by atoms with E-state index in [2.05, 4.69) is 0 Å². The normalized spacial score (nSPS) is 26.2. The van der Waals surface area contributed by atoms with Gasteiger partial charge in [-0.05, 0) is 19.4 Å². The van der Waals surface area contributed by atoms with Crippen molar-refractivity contribution in [3.05, 3.63) is 29.8 Å². The molecule has 1 aromatic rings. The van der Waals surface area contributed by atoms with Gasteiger partial charge >= 0.3 is 5.97 Å². The monoisotopic (exact) mass is 236 g/mol. The third-order valence-corrected chi connectivity index (χ3v) is 3.09. The Kier molecular flexibility index (Phi) is 3.07. The smallest absolute Gasteiger partial charge is 0.353 e. The summed E-state index contributed by atoms with van der Waals surface area (Å²) in [5.74, 6) is 0.0427. The van der Waals surface area contributed by atoms with E-state index in [-0.39, 0.29) is 6.61 Å². The molecule has 0 fully saturated rings. The van der Waals surface area contributed by atoms with Gasteiger partial charge in [-0.2, -0.15) is 0 Å². The van der Waals surface area contributed by atoms with Crippen LogP contribution in [-0.4, -0.2) is 23.3 Å². The molecule has 0 saturated heterocycles. The summed E-state index contributed by atoms with van der Waals surface area (Å²) < 4.78 is 10.6. The van der Waals surface area contributed by atoms with Crippen LogP contribution in [0.3, 0.4) is 0 Å². The van der Waals surface area contributed by atoms with Crippen LogP contribution in [0.25, 0.3) is 0 Å². The second-order valence-electron chi connectivity index (χ2n) is 4.01. The molecule has 1 N–H and O–H groups in total. The molecule has 92 valence electrons. The van der Waals surface area contributed by atoms with Gasteiger partial charge in [0.2, 0.25) is 5.60 Å². The van der Waals surface area contributed by atoms with Crippen molar-refractivity contribution in [1.82, 2.24) is 0 Å². The predicted molar refractivity (Wildman–Crippen MR) is 61.7 cm³/mol. The van der Waals surface area contributed by atoms with Crippen LogP contribution in [0, 0.1) is 0 Å². The molecule has 1 aliphatic rings. The number of esters is 1. The summed E-state index contributed by atoms with van der Waals surface area (Å²) in [6.45, 7) is 3.80. The first kappa shape index (κ1) is 11.9. The van der Waals surface area contributed by atoms with E-state index in [9.17, 15) is 9.90 Å². The van der Waals surface area contributed by atoms with Crippen molar-refractivity contribution in [1.29, 1.82) is 0 Å². The fourth-order valence-corrected chi connectivity index (χ4v) is 2.12. The Balaban J connectivity index is 2.38. The van der Waals surface area contributed by atoms with E-state index >= 15 is 0 Å². The SMILES string of the molecule is CCOC(=O)C1(CC)Oc2ccccc2C1O. The Bertz CT molecular complexity index is 429. The Labute approximate surface area is 100 Å². The van der Waals surface area contributed by atoms with Crippen molar-refractivity contribution >= 4 is 5.97 Å². The third kappa shape index (κ3) is 1.69. The molecule has 1 aliphatic heterocycles. The van der Waals surface area contributed by atoms with Crippen LogP contribution in [0.2, 0.25) is 0 Å². The minimum atomic E-state index is -1.29. The lowest BCUT2D eigenvalue weighted by atomic mass is 9.91. The molecule has 4 nitrogen and oxygen atoms in total. The number of carbonyl (C=O) groups excluding carboxylic acids is 1. The van der Waals surface area contributed by atoms with Crippen molar-refractivity contribution in [3.63, 3.8) is 0 Å². The molecule has 0 aliphatic carbocycles. The van der Waals surface area contributed by atoms with E-state index in [1.54, 1.807) is 26.0 Å². The maximum Gasteiger partial charge on any atom is 0.353 e. The Morgan fingerprint density at radius 3 is 2.76 bits per heavy atom. The average molecular weight is 236 g/mol. The molecular weight excluding hydrogens is 220 g/mol. The standard InChI is InChI=1S/C13H16O4/c1-3-13(12(15)16-4-2)11(14)9-7-5-6-8-10(9)17-13/h5-8,11,14H,3-4H2,1-2H3. The molecular formula is C13H16O4. The Morgan fingerprint density at radius 2 is 2.18 bits per heavy atom. The maximum absolute atomic E-state index is 12.0. The molecule has 1 aromatic carbocycles. The predicted octanol–water partition coefficient (Wildman–Crippen LogP) is 1.82. The minimum Gasteiger partial charge on any atom is -0.472 e. The molecule has 0 spiro atoms. The number of carbonyl (C=O) groups is 1. The summed E-state index contributed by atoms with van der Waals surface area (Å²) in [6, 6.07) is 7.12. The number of rotatable bonds is 3. The van der Waals surface area contributed by atoms with Crippen LogP contribution < -0.4 is 4.74 Å². The molecule has 0 saturated carbocycles. The summed E-state index contributed by atoms with van der Waals surface area (Å²) in [4.78, 5) is 12.0. The summed E-state index contributed by atoms with van der Waals surface area (Å²) in [5.41, 5.74) is -0.651. The molecule has 2 rings (SSSR count). The van der Waals surface area contributed by atoms with Gasteiger partial charge in [0.05, 0.1) is 6.61 Å². The van der Waals surface area contributed by atoms with Crippen molar-refractivity contribution in [3.8, 4) is 5.75 Å². The fourth-order valence-electron chi connectivity index (χ4n) is 2.12. The van der Waals surface area contributed by atoms with Crippen molar-refractivity contribution in [2.75, 3.05) is 6.61 Å². The molecule has 1 heterocycles. The first-order valence-corrected chi connectivity index (χ1v) is 5.79. The van der Waals surface area contributed by atoms with E-state index in [0.717, 1.165) is 0 Å². The number of aliphatic hydroxyl groups is 1. The Morgan fingerprint density at radius 1 is 1.47 bits per heavy atom. The zero-order valence-corrected chi connectivity index (χ0v) is 9.97. The molecule has 2 unspecified atom stereocenters. The highest BCUT2D eigenvalue weighted by atomic mass is 16.6. The van der Waals surface area contributed by atoms with Gasteiger partial charge in [0.1, 0.15) is 11.9 Å². The first-order chi connectivity index (χ1) is 8.15. The van der Waals surface area contributed by atoms with Gasteiger partial charge < -0.3 is 14.6 Å². The van der Waals surface area contributed by atoms with Crippen LogP contribution in [0.4, 0.5) is 0 Å². The molecule has 2 atom stereocenters. The van der Waals surface area contributed by atoms with Gasteiger partial charge in [-0.15, -0.1) is 0 Å². The zero-order chi connectivity index (χ0) is 12.5. The molecule has 0 bridgehead atoms. The number of ether oxygens (including phenoxy) is 2. The lowest BCUT2D eigenvalue weighted by Gasteiger charge is -2.28. The van der Waals surface area contributed by atoms with Gasteiger partial charge in [0, 0.05) is 5.56 Å². The first-order valence-electron chi connectivity index (χ1n) is 5.79. The number of para-hydroxylation sites is 1. The van der Waals surface area contributed by atoms with Gasteiger partial charge in [-0.3, -0.25) is 0 Å². The molecule has 0 radical (unpaired) electrons. The summed E-state index contributed by atoms with van der Waals surface area (Å²) in [5, 5.41) is 10.3. The number of aliphatic hydroxyl groups excluding tert-OH is 1. The number of benzene rings is 1. The highest BCUT2D eigenvalue weighted by Gasteiger charge is 2.53. The van der Waals surface area contributed by atoms with E-state index in [1.807, 2.05) is 12.1 Å². The maximum atomic E-state index is 12.0. The van der Waals surface area contributed by atoms with Gasteiger partial charge in [-0.25, -0.2) is 4.79 Å². The quantitative estimate of drug-likeness (QED) is 0.813. The van der Waals surface area contributed by atoms with Gasteiger partial charge in [0.25, 0.3) is 0 Å². The number of hydrogen-bond donors (Lipinski definition) is 1. The molecule has 0 amide bonds. The van der Waals surface area contributed by atoms with Crippen LogP contribution in [0.5, 0.6) is 5.75 Å². The van der Waals surface area contributed by atoms with Crippen LogP contribution >= 0.6 is 0 Å². The lowest BCUT2D eigenvalue weighted by Crippen LogP contribution is -2.47. The molecule has 0 aromatic heterocycles. The number of fused-ring (bicyclic) bond motifs is 1. The molecule has 4 heteroatoms. The van der Waals surface area contributed by atoms with Crippen LogP contribution in [-0.2, 0) is 9.53 Å². The fraction of sp³-hybridized carbons (Fsp3) is 0.462. The minimum absolute atomic E-state index is 0.271. The summed E-state index contributed by atoms with van der Waals surface area (Å²) in [6.07, 6.45) is -0.607. The highest BCUT2D eigenvalue weighted by Crippen LogP contribution is 2.45. The van der Waals surface area contributed by atoms with Gasteiger partial charge in [0.15, 0.2) is 0 Å². The van der Waals surface area contributed by atoms with Crippen molar-refractivity contribution < 1.29 is 19.4 Å². The van der Waals surface area contributed by atoms with E-state index in [0.29, 0.717) is 17.7 Å². The second-order valence-corrected chi connectivity index (χ2v) is 4.01. The number of hydrogen-bond acceptors (Lipinski definition) is 4. The summed E-state index contributed by atoms with van der Waals surface area (Å²) >= 11 is 0. The zero-order valence-electron chi connectivity index (χ0n) is 9.97. The largest absolute Gasteiger partial charge is 0.472 e. The van der Waals surface area contributed by atoms with E-state index < -0.39 is 17.7 Å². The highest BCUT2D eigenvalue weighted by molar-refractivity contribution is 5.82. The van der Waals surface area contributed by atoms with Crippen LogP contribution in [0.1, 0.15) is 31.9 Å². The lowest BCUT2D eigenvalue weighted by molar-refractivity contribution is -0.170. The topological polar surface area (TPSA) is 55.8 Å². The third-order valence-electron chi connectivity index (χ3n) is 3.09. The van der Waals surface area contributed by atoms with E-state index in [1.165, 1.54) is 0 Å². The van der Waals surface area contributed by atoms with Gasteiger partial charge in [-0.1, -0.05) is 25.1 Å². The molecule has 17 heavy (non-hydrogen) atoms. The van der Waals surface area contributed by atoms with Crippen molar-refractivity contribution in [2.24, 2.45) is 0 Å². The van der Waals surface area contributed by atoms with E-state index in [4.69, 9.17) is 9.47 Å². The van der Waals surface area contributed by atoms with Crippen molar-refractivity contribution in [2.45, 2.75) is 32.0 Å². The Hall–Kier alpha value is -1.55. The average Bonchev–Trinajstić information content (AvgIpc) is 2.64. The second kappa shape index (κ2) is 4.37. The van der Waals surface area contributed by atoms with Crippen LogP contribution in [0.15, 0.2) is 24.3 Å². The summed E-state index contributed by atoms with van der Waals surface area (Å²) in [7, 11) is 0.